The minimum atomic E-state index is -3.74. The van der Waals surface area contributed by atoms with Gasteiger partial charge in [0, 0.05) is 5.69 Å². The van der Waals surface area contributed by atoms with E-state index in [1.54, 1.807) is 12.1 Å². The second-order valence-corrected chi connectivity index (χ2v) is 7.74. The number of anilines is 1. The average molecular weight is 346 g/mol. The highest BCUT2D eigenvalue weighted by molar-refractivity contribution is 7.89. The van der Waals surface area contributed by atoms with Gasteiger partial charge in [0.25, 0.3) is 0 Å². The maximum Gasteiger partial charge on any atom is 0.242 e. The Labute approximate surface area is 143 Å². The first-order chi connectivity index (χ1) is 11.2. The zero-order valence-electron chi connectivity index (χ0n) is 14.3. The van der Waals surface area contributed by atoms with Crippen LogP contribution in [-0.4, -0.2) is 20.4 Å². The Hall–Kier alpha value is -2.18. The molecule has 0 aliphatic rings. The van der Waals surface area contributed by atoms with Crippen molar-refractivity contribution in [1.29, 1.82) is 0 Å². The van der Waals surface area contributed by atoms with Crippen molar-refractivity contribution in [3.8, 4) is 0 Å². The lowest BCUT2D eigenvalue weighted by Gasteiger charge is -2.15. The molecule has 2 aromatic rings. The first-order valence-electron chi connectivity index (χ1n) is 7.65. The van der Waals surface area contributed by atoms with E-state index in [9.17, 15) is 13.2 Å². The Balaban J connectivity index is 2.09. The van der Waals surface area contributed by atoms with E-state index in [2.05, 4.69) is 10.0 Å². The highest BCUT2D eigenvalue weighted by Gasteiger charge is 2.22. The van der Waals surface area contributed by atoms with E-state index < -0.39 is 22.0 Å². The molecule has 0 radical (unpaired) electrons. The summed E-state index contributed by atoms with van der Waals surface area (Å²) in [6.07, 6.45) is 0. The molecular weight excluding hydrogens is 324 g/mol. The second-order valence-electron chi connectivity index (χ2n) is 6.02. The summed E-state index contributed by atoms with van der Waals surface area (Å²) in [7, 11) is -3.74. The van der Waals surface area contributed by atoms with Gasteiger partial charge in [-0.15, -0.1) is 0 Å². The smallest absolute Gasteiger partial charge is 0.242 e. The monoisotopic (exact) mass is 346 g/mol. The summed E-state index contributed by atoms with van der Waals surface area (Å²) in [5.41, 5.74) is 3.67. The van der Waals surface area contributed by atoms with Crippen LogP contribution in [0.1, 0.15) is 23.6 Å². The van der Waals surface area contributed by atoms with Gasteiger partial charge in [-0.25, -0.2) is 8.42 Å². The van der Waals surface area contributed by atoms with E-state index in [0.29, 0.717) is 5.69 Å². The molecule has 0 fully saturated rings. The quantitative estimate of drug-likeness (QED) is 0.874. The number of hydrogen-bond acceptors (Lipinski definition) is 3. The average Bonchev–Trinajstić information content (AvgIpc) is 2.46. The van der Waals surface area contributed by atoms with Gasteiger partial charge in [0.05, 0.1) is 10.9 Å². The van der Waals surface area contributed by atoms with Crippen LogP contribution in [0.2, 0.25) is 0 Å². The molecule has 1 atom stereocenters. The van der Waals surface area contributed by atoms with E-state index >= 15 is 0 Å². The van der Waals surface area contributed by atoms with E-state index in [1.807, 2.05) is 39.0 Å². The van der Waals surface area contributed by atoms with E-state index in [0.717, 1.165) is 16.7 Å². The normalized spacial score (nSPS) is 12.7. The molecule has 0 spiro atoms. The highest BCUT2D eigenvalue weighted by atomic mass is 32.2. The predicted molar refractivity (Wildman–Crippen MR) is 95.5 cm³/mol. The Bertz CT molecular complexity index is 823. The first-order valence-corrected chi connectivity index (χ1v) is 9.14. The molecule has 0 aliphatic heterocycles. The Morgan fingerprint density at radius 3 is 2.00 bits per heavy atom. The number of benzene rings is 2. The van der Waals surface area contributed by atoms with Gasteiger partial charge in [-0.3, -0.25) is 4.79 Å². The van der Waals surface area contributed by atoms with E-state index in [1.165, 1.54) is 19.1 Å². The van der Waals surface area contributed by atoms with Crippen LogP contribution < -0.4 is 10.0 Å². The molecule has 5 nitrogen and oxygen atoms in total. The van der Waals surface area contributed by atoms with E-state index in [4.69, 9.17) is 0 Å². The van der Waals surface area contributed by atoms with Gasteiger partial charge in [0.15, 0.2) is 0 Å². The fraction of sp³-hybridized carbons (Fsp3) is 0.278. The Kier molecular flexibility index (Phi) is 5.41. The molecule has 0 bridgehead atoms. The van der Waals surface area contributed by atoms with Gasteiger partial charge in [0.2, 0.25) is 15.9 Å². The van der Waals surface area contributed by atoms with Gasteiger partial charge < -0.3 is 5.32 Å². The van der Waals surface area contributed by atoms with E-state index in [-0.39, 0.29) is 4.90 Å². The summed E-state index contributed by atoms with van der Waals surface area (Å²) < 4.78 is 27.1. The molecular formula is C18H22N2O3S. The zero-order valence-corrected chi connectivity index (χ0v) is 15.1. The maximum absolute atomic E-state index is 12.3. The van der Waals surface area contributed by atoms with Crippen molar-refractivity contribution in [2.24, 2.45) is 0 Å². The number of hydrogen-bond donors (Lipinski definition) is 2. The van der Waals surface area contributed by atoms with Crippen molar-refractivity contribution in [1.82, 2.24) is 4.72 Å². The number of amides is 1. The van der Waals surface area contributed by atoms with Crippen LogP contribution in [0.25, 0.3) is 0 Å². The molecule has 6 heteroatoms. The molecule has 0 aliphatic carbocycles. The molecule has 0 unspecified atom stereocenters. The lowest BCUT2D eigenvalue weighted by molar-refractivity contribution is -0.117. The summed E-state index contributed by atoms with van der Waals surface area (Å²) in [4.78, 5) is 12.4. The molecule has 2 rings (SSSR count). The van der Waals surface area contributed by atoms with Crippen LogP contribution in [0.4, 0.5) is 5.69 Å². The summed E-state index contributed by atoms with van der Waals surface area (Å²) >= 11 is 0. The number of nitrogens with one attached hydrogen (secondary N) is 2. The van der Waals surface area contributed by atoms with Crippen LogP contribution >= 0.6 is 0 Å². The van der Waals surface area contributed by atoms with Crippen molar-refractivity contribution in [3.05, 3.63) is 59.2 Å². The van der Waals surface area contributed by atoms with Crippen LogP contribution in [0.15, 0.2) is 47.4 Å². The van der Waals surface area contributed by atoms with Crippen molar-refractivity contribution >= 4 is 21.6 Å². The molecule has 0 aromatic heterocycles. The molecule has 24 heavy (non-hydrogen) atoms. The number of carbonyl (C=O) groups is 1. The Morgan fingerprint density at radius 1 is 0.917 bits per heavy atom. The molecule has 1 amide bonds. The molecule has 128 valence electrons. The molecule has 2 N–H and O–H groups in total. The van der Waals surface area contributed by atoms with Crippen molar-refractivity contribution in [2.75, 3.05) is 5.32 Å². The summed E-state index contributed by atoms with van der Waals surface area (Å²) in [6, 6.07) is 11.3. The van der Waals surface area contributed by atoms with Crippen molar-refractivity contribution in [3.63, 3.8) is 0 Å². The van der Waals surface area contributed by atoms with Crippen LogP contribution in [0, 0.1) is 20.8 Å². The maximum atomic E-state index is 12.3. The molecule has 0 heterocycles. The minimum absolute atomic E-state index is 0.138. The standard InChI is InChI=1S/C18H22N2O3S/c1-12-5-7-17(8-6-12)24(22,23)20-15(4)18(21)19-16-10-13(2)9-14(3)11-16/h5-11,15,20H,1-4H3,(H,19,21)/t15-/m0/s1. The Morgan fingerprint density at radius 2 is 1.46 bits per heavy atom. The van der Waals surface area contributed by atoms with Crippen LogP contribution in [0.3, 0.4) is 0 Å². The minimum Gasteiger partial charge on any atom is -0.325 e. The van der Waals surface area contributed by atoms with Crippen LogP contribution in [-0.2, 0) is 14.8 Å². The zero-order chi connectivity index (χ0) is 17.9. The number of aryl methyl sites for hydroxylation is 3. The molecule has 2 aromatic carbocycles. The highest BCUT2D eigenvalue weighted by Crippen LogP contribution is 2.15. The third kappa shape index (κ3) is 4.66. The second kappa shape index (κ2) is 7.15. The van der Waals surface area contributed by atoms with Crippen molar-refractivity contribution in [2.45, 2.75) is 38.6 Å². The van der Waals surface area contributed by atoms with Gasteiger partial charge >= 0.3 is 0 Å². The molecule has 0 saturated carbocycles. The number of sulfonamides is 1. The fourth-order valence-electron chi connectivity index (χ4n) is 2.37. The lowest BCUT2D eigenvalue weighted by atomic mass is 10.1. The topological polar surface area (TPSA) is 75.3 Å². The third-order valence-electron chi connectivity index (χ3n) is 3.55. The van der Waals surface area contributed by atoms with Gasteiger partial charge in [-0.1, -0.05) is 23.8 Å². The van der Waals surface area contributed by atoms with Gasteiger partial charge in [-0.2, -0.15) is 4.72 Å². The van der Waals surface area contributed by atoms with Gasteiger partial charge in [-0.05, 0) is 63.1 Å². The largest absolute Gasteiger partial charge is 0.325 e. The number of rotatable bonds is 5. The predicted octanol–water partition coefficient (Wildman–Crippen LogP) is 2.92. The SMILES string of the molecule is Cc1ccc(S(=O)(=O)N[C@@H](C)C(=O)Nc2cc(C)cc(C)c2)cc1. The fourth-order valence-corrected chi connectivity index (χ4v) is 3.57. The van der Waals surface area contributed by atoms with Crippen molar-refractivity contribution < 1.29 is 13.2 Å². The lowest BCUT2D eigenvalue weighted by Crippen LogP contribution is -2.41. The number of carbonyl (C=O) groups excluding carboxylic acids is 1. The van der Waals surface area contributed by atoms with Crippen LogP contribution in [0.5, 0.6) is 0 Å². The third-order valence-corrected chi connectivity index (χ3v) is 5.10. The summed E-state index contributed by atoms with van der Waals surface area (Å²) in [6.45, 7) is 7.27. The summed E-state index contributed by atoms with van der Waals surface area (Å²) in [5, 5.41) is 2.74. The first kappa shape index (κ1) is 18.2. The summed E-state index contributed by atoms with van der Waals surface area (Å²) in [5.74, 6) is -0.407. The molecule has 0 saturated heterocycles. The van der Waals surface area contributed by atoms with Gasteiger partial charge in [0.1, 0.15) is 0 Å².